The maximum atomic E-state index is 6.52. The number of benzene rings is 1. The van der Waals surface area contributed by atoms with E-state index in [1.807, 2.05) is 36.5 Å². The van der Waals surface area contributed by atoms with E-state index in [0.29, 0.717) is 0 Å². The van der Waals surface area contributed by atoms with E-state index in [-0.39, 0.29) is 18.1 Å². The molecular weight excluding hydrogens is 400 g/mol. The maximum absolute atomic E-state index is 6.52. The summed E-state index contributed by atoms with van der Waals surface area (Å²) in [7, 11) is 0. The van der Waals surface area contributed by atoms with Gasteiger partial charge in [0, 0.05) is 23.6 Å². The molecule has 29 heavy (non-hydrogen) atoms. The second-order valence-electron chi connectivity index (χ2n) is 7.74. The first kappa shape index (κ1) is 19.9. The summed E-state index contributed by atoms with van der Waals surface area (Å²) in [6.07, 6.45) is 1.84. The summed E-state index contributed by atoms with van der Waals surface area (Å²) in [5.74, 6) is 0. The summed E-state index contributed by atoms with van der Waals surface area (Å²) in [6, 6.07) is 16.5. The highest BCUT2D eigenvalue weighted by molar-refractivity contribution is 7.80. The van der Waals surface area contributed by atoms with E-state index in [2.05, 4.69) is 65.7 Å². The Hall–Kier alpha value is -2.37. The van der Waals surface area contributed by atoms with Crippen molar-refractivity contribution in [3.8, 4) is 5.69 Å². The van der Waals surface area contributed by atoms with Gasteiger partial charge in [0.2, 0.25) is 0 Å². The predicted molar refractivity (Wildman–Crippen MR) is 123 cm³/mol. The van der Waals surface area contributed by atoms with Gasteiger partial charge in [-0.25, -0.2) is 0 Å². The molecule has 1 saturated heterocycles. The summed E-state index contributed by atoms with van der Waals surface area (Å²) in [4.78, 5) is 6.90. The van der Waals surface area contributed by atoms with Crippen LogP contribution in [0, 0.1) is 13.8 Å². The summed E-state index contributed by atoms with van der Waals surface area (Å²) in [5.41, 5.74) is 5.53. The maximum Gasteiger partial charge on any atom is 0.170 e. The average molecular weight is 425 g/mol. The van der Waals surface area contributed by atoms with Gasteiger partial charge in [-0.3, -0.25) is 4.98 Å². The van der Waals surface area contributed by atoms with Gasteiger partial charge in [-0.2, -0.15) is 0 Å². The lowest BCUT2D eigenvalue weighted by Gasteiger charge is -2.31. The van der Waals surface area contributed by atoms with Gasteiger partial charge in [0.05, 0.1) is 28.5 Å². The average Bonchev–Trinajstić information content (AvgIpc) is 3.19. The molecule has 3 heterocycles. The summed E-state index contributed by atoms with van der Waals surface area (Å²) in [5, 5.41) is 5.02. The van der Waals surface area contributed by atoms with Gasteiger partial charge in [-0.15, -0.1) is 0 Å². The third kappa shape index (κ3) is 3.43. The van der Waals surface area contributed by atoms with Crippen molar-refractivity contribution in [3.05, 3.63) is 82.4 Å². The molecule has 1 aromatic carbocycles. The zero-order valence-electron chi connectivity index (χ0n) is 17.1. The van der Waals surface area contributed by atoms with Crippen LogP contribution in [0.3, 0.4) is 0 Å². The van der Waals surface area contributed by atoms with Crippen LogP contribution in [-0.2, 0) is 0 Å². The molecule has 150 valence electrons. The number of nitrogens with one attached hydrogen (secondary N) is 1. The molecule has 1 aliphatic heterocycles. The molecule has 2 aromatic heterocycles. The predicted octanol–water partition coefficient (Wildman–Crippen LogP) is 5.52. The Balaban J connectivity index is 1.88. The molecule has 0 spiro atoms. The molecule has 4 nitrogen and oxygen atoms in total. The van der Waals surface area contributed by atoms with Gasteiger partial charge >= 0.3 is 0 Å². The van der Waals surface area contributed by atoms with Crippen molar-refractivity contribution in [2.75, 3.05) is 0 Å². The van der Waals surface area contributed by atoms with Gasteiger partial charge in [0.25, 0.3) is 0 Å². The van der Waals surface area contributed by atoms with Crippen molar-refractivity contribution in [3.63, 3.8) is 0 Å². The minimum atomic E-state index is -0.00806. The third-order valence-corrected chi connectivity index (χ3v) is 6.22. The lowest BCUT2D eigenvalue weighted by atomic mass is 9.96. The Labute approximate surface area is 182 Å². The molecule has 0 radical (unpaired) electrons. The Morgan fingerprint density at radius 1 is 1.10 bits per heavy atom. The smallest absolute Gasteiger partial charge is 0.170 e. The molecule has 1 N–H and O–H groups in total. The van der Waals surface area contributed by atoms with Crippen LogP contribution >= 0.6 is 23.8 Å². The monoisotopic (exact) mass is 424 g/mol. The van der Waals surface area contributed by atoms with E-state index in [1.54, 1.807) is 0 Å². The molecule has 4 rings (SSSR count). The zero-order chi connectivity index (χ0) is 20.7. The highest BCUT2D eigenvalue weighted by Crippen LogP contribution is 2.42. The fraction of sp³-hybridized carbons (Fsp3) is 0.304. The molecule has 6 heteroatoms. The number of hydrogen-bond donors (Lipinski definition) is 1. The molecular formula is C23H25ClN4S. The van der Waals surface area contributed by atoms with Crippen LogP contribution in [0.2, 0.25) is 5.02 Å². The van der Waals surface area contributed by atoms with E-state index in [0.717, 1.165) is 27.2 Å². The summed E-state index contributed by atoms with van der Waals surface area (Å²) in [6.45, 7) is 8.63. The molecule has 0 bridgehead atoms. The highest BCUT2D eigenvalue weighted by Gasteiger charge is 2.42. The largest absolute Gasteiger partial charge is 0.352 e. The Bertz CT molecular complexity index is 1040. The molecule has 0 aliphatic carbocycles. The second-order valence-corrected chi connectivity index (χ2v) is 8.53. The van der Waals surface area contributed by atoms with E-state index >= 15 is 0 Å². The quantitative estimate of drug-likeness (QED) is 0.558. The first-order chi connectivity index (χ1) is 13.9. The van der Waals surface area contributed by atoms with Gasteiger partial charge in [0.15, 0.2) is 5.11 Å². The lowest BCUT2D eigenvalue weighted by Crippen LogP contribution is -2.35. The van der Waals surface area contributed by atoms with E-state index in [9.17, 15) is 0 Å². The van der Waals surface area contributed by atoms with Crippen molar-refractivity contribution in [2.45, 2.75) is 45.8 Å². The first-order valence-corrected chi connectivity index (χ1v) is 10.6. The van der Waals surface area contributed by atoms with Crippen LogP contribution in [0.25, 0.3) is 5.69 Å². The molecule has 1 aliphatic rings. The minimum absolute atomic E-state index is 0.00806. The number of aromatic nitrogens is 2. The lowest BCUT2D eigenvalue weighted by molar-refractivity contribution is 0.269. The normalized spacial score (nSPS) is 19.1. The second kappa shape index (κ2) is 7.81. The van der Waals surface area contributed by atoms with Crippen LogP contribution in [0.5, 0.6) is 0 Å². The number of aryl methyl sites for hydroxylation is 1. The molecule has 1 fully saturated rings. The number of thiocarbonyl (C=S) groups is 1. The van der Waals surface area contributed by atoms with Crippen molar-refractivity contribution in [2.24, 2.45) is 0 Å². The fourth-order valence-electron chi connectivity index (χ4n) is 4.34. The van der Waals surface area contributed by atoms with Gasteiger partial charge in [0.1, 0.15) is 0 Å². The van der Waals surface area contributed by atoms with E-state index in [4.69, 9.17) is 23.8 Å². The molecule has 0 saturated carbocycles. The number of halogens is 1. The first-order valence-electron chi connectivity index (χ1n) is 9.83. The van der Waals surface area contributed by atoms with Gasteiger partial charge in [-0.05, 0) is 75.8 Å². The molecule has 0 amide bonds. The number of nitrogens with zero attached hydrogens (tertiary/aromatic N) is 3. The highest BCUT2D eigenvalue weighted by atomic mass is 35.5. The van der Waals surface area contributed by atoms with Crippen molar-refractivity contribution in [1.82, 2.24) is 19.8 Å². The SMILES string of the molecule is Cc1cc([C@H]2[C@H](c3ccccn3)NC(=S)N2C(C)C)c(C)n1-c1ccccc1Cl. The summed E-state index contributed by atoms with van der Waals surface area (Å²) >= 11 is 12.3. The Morgan fingerprint density at radius 3 is 2.48 bits per heavy atom. The van der Waals surface area contributed by atoms with Crippen molar-refractivity contribution < 1.29 is 0 Å². The third-order valence-electron chi connectivity index (χ3n) is 5.57. The van der Waals surface area contributed by atoms with Crippen LogP contribution in [-0.4, -0.2) is 25.6 Å². The van der Waals surface area contributed by atoms with Gasteiger partial charge < -0.3 is 14.8 Å². The molecule has 2 atom stereocenters. The Morgan fingerprint density at radius 2 is 1.83 bits per heavy atom. The number of para-hydroxylation sites is 1. The van der Waals surface area contributed by atoms with Crippen molar-refractivity contribution in [1.29, 1.82) is 0 Å². The van der Waals surface area contributed by atoms with Crippen LogP contribution in [0.1, 0.15) is 48.6 Å². The van der Waals surface area contributed by atoms with E-state index < -0.39 is 0 Å². The zero-order valence-corrected chi connectivity index (χ0v) is 18.6. The fourth-order valence-corrected chi connectivity index (χ4v) is 5.02. The van der Waals surface area contributed by atoms with E-state index in [1.165, 1.54) is 11.3 Å². The topological polar surface area (TPSA) is 33.1 Å². The number of pyridine rings is 1. The minimum Gasteiger partial charge on any atom is -0.352 e. The van der Waals surface area contributed by atoms with Crippen LogP contribution in [0.4, 0.5) is 0 Å². The number of rotatable bonds is 4. The van der Waals surface area contributed by atoms with Crippen LogP contribution < -0.4 is 5.32 Å². The van der Waals surface area contributed by atoms with Crippen molar-refractivity contribution >= 4 is 28.9 Å². The standard InChI is InChI=1S/C23H25ClN4S/c1-14(2)27-22(21(26-23(27)29)19-10-7-8-12-25-19)17-13-15(3)28(16(17)4)20-11-6-5-9-18(20)24/h5-14,21-22H,1-4H3,(H,26,29)/t21-,22-/m0/s1. The molecule has 3 aromatic rings. The summed E-state index contributed by atoms with van der Waals surface area (Å²) < 4.78 is 2.23. The molecule has 0 unspecified atom stereocenters. The number of hydrogen-bond acceptors (Lipinski definition) is 2. The van der Waals surface area contributed by atoms with Crippen LogP contribution in [0.15, 0.2) is 54.7 Å². The van der Waals surface area contributed by atoms with Gasteiger partial charge in [-0.1, -0.05) is 29.8 Å². The Kier molecular flexibility index (Phi) is 5.36.